The van der Waals surface area contributed by atoms with Gasteiger partial charge in [0.2, 0.25) is 5.95 Å². The lowest BCUT2D eigenvalue weighted by Crippen LogP contribution is -2.35. The van der Waals surface area contributed by atoms with Crippen LogP contribution in [0.4, 0.5) is 10.7 Å². The average Bonchev–Trinajstić information content (AvgIpc) is 2.85. The van der Waals surface area contributed by atoms with E-state index >= 15 is 0 Å². The van der Waals surface area contributed by atoms with Crippen LogP contribution in [0.25, 0.3) is 0 Å². The number of carbonyl (C=O) groups is 1. The van der Waals surface area contributed by atoms with E-state index in [0.29, 0.717) is 23.4 Å². The Morgan fingerprint density at radius 3 is 2.76 bits per heavy atom. The van der Waals surface area contributed by atoms with Crippen LogP contribution in [0.15, 0.2) is 12.4 Å². The van der Waals surface area contributed by atoms with Crippen molar-refractivity contribution in [1.82, 2.24) is 14.9 Å². The average molecular weight is 313 g/mol. The van der Waals surface area contributed by atoms with Crippen molar-refractivity contribution < 1.29 is 9.53 Å². The molecular weight excluding hydrogens is 292 g/mol. The second-order valence-electron chi connectivity index (χ2n) is 6.19. The third kappa shape index (κ3) is 5.04. The summed E-state index contributed by atoms with van der Waals surface area (Å²) in [6.07, 6.45) is 3.81. The van der Waals surface area contributed by atoms with Gasteiger partial charge in [0.25, 0.3) is 0 Å². The van der Waals surface area contributed by atoms with Crippen LogP contribution in [-0.2, 0) is 4.74 Å². The maximum Gasteiger partial charge on any atom is 0.410 e. The lowest BCUT2D eigenvalue weighted by Gasteiger charge is -2.24. The first-order valence-electron chi connectivity index (χ1n) is 7.03. The number of halogens is 1. The molecule has 1 atom stereocenters. The summed E-state index contributed by atoms with van der Waals surface area (Å²) in [5, 5.41) is 3.67. The summed E-state index contributed by atoms with van der Waals surface area (Å²) in [5.41, 5.74) is -0.454. The molecular formula is C14H21ClN4O2. The van der Waals surface area contributed by atoms with Crippen LogP contribution in [0.3, 0.4) is 0 Å². The molecule has 1 fully saturated rings. The highest BCUT2D eigenvalue weighted by Crippen LogP contribution is 2.19. The molecule has 0 bridgehead atoms. The molecule has 0 spiro atoms. The van der Waals surface area contributed by atoms with Gasteiger partial charge in [-0.05, 0) is 33.1 Å². The van der Waals surface area contributed by atoms with E-state index in [0.717, 1.165) is 19.5 Å². The van der Waals surface area contributed by atoms with Gasteiger partial charge in [0.15, 0.2) is 0 Å². The Balaban J connectivity index is 1.77. The number of nitrogens with one attached hydrogen (secondary N) is 1. The lowest BCUT2D eigenvalue weighted by atomic mass is 10.1. The SMILES string of the molecule is CC(C)(C)OC(=O)N1CCC(CNc2ncc(Cl)cn2)C1. The predicted molar refractivity (Wildman–Crippen MR) is 81.4 cm³/mol. The lowest BCUT2D eigenvalue weighted by molar-refractivity contribution is 0.0289. The van der Waals surface area contributed by atoms with Gasteiger partial charge in [-0.1, -0.05) is 11.6 Å². The number of nitrogens with zero attached hydrogens (tertiary/aromatic N) is 3. The fourth-order valence-electron chi connectivity index (χ4n) is 2.13. The Hall–Kier alpha value is -1.56. The highest BCUT2D eigenvalue weighted by molar-refractivity contribution is 6.30. The van der Waals surface area contributed by atoms with Crippen LogP contribution in [0.5, 0.6) is 0 Å². The quantitative estimate of drug-likeness (QED) is 0.929. The fourth-order valence-corrected chi connectivity index (χ4v) is 2.23. The second-order valence-corrected chi connectivity index (χ2v) is 6.62. The summed E-state index contributed by atoms with van der Waals surface area (Å²) >= 11 is 5.73. The predicted octanol–water partition coefficient (Wildman–Crippen LogP) is 2.80. The highest BCUT2D eigenvalue weighted by atomic mass is 35.5. The van der Waals surface area contributed by atoms with Gasteiger partial charge < -0.3 is 15.0 Å². The maximum atomic E-state index is 12.0. The van der Waals surface area contributed by atoms with Crippen molar-refractivity contribution in [1.29, 1.82) is 0 Å². The Kier molecular flexibility index (Phi) is 4.88. The first-order chi connectivity index (χ1) is 9.83. The molecule has 1 aromatic heterocycles. The summed E-state index contributed by atoms with van der Waals surface area (Å²) in [6.45, 7) is 7.76. The molecule has 0 radical (unpaired) electrons. The number of hydrogen-bond donors (Lipinski definition) is 1. The molecule has 1 aliphatic heterocycles. The largest absolute Gasteiger partial charge is 0.444 e. The molecule has 1 aliphatic rings. The molecule has 7 heteroatoms. The molecule has 1 unspecified atom stereocenters. The zero-order valence-corrected chi connectivity index (χ0v) is 13.4. The van der Waals surface area contributed by atoms with Crippen LogP contribution in [0.1, 0.15) is 27.2 Å². The Morgan fingerprint density at radius 1 is 1.48 bits per heavy atom. The minimum atomic E-state index is -0.454. The molecule has 2 rings (SSSR count). The monoisotopic (exact) mass is 312 g/mol. The molecule has 21 heavy (non-hydrogen) atoms. The molecule has 1 N–H and O–H groups in total. The number of likely N-dealkylation sites (tertiary alicyclic amines) is 1. The van der Waals surface area contributed by atoms with E-state index in [1.807, 2.05) is 20.8 Å². The van der Waals surface area contributed by atoms with E-state index in [1.54, 1.807) is 17.3 Å². The summed E-state index contributed by atoms with van der Waals surface area (Å²) in [5.74, 6) is 0.923. The molecule has 1 aromatic rings. The van der Waals surface area contributed by atoms with Gasteiger partial charge in [-0.15, -0.1) is 0 Å². The number of aromatic nitrogens is 2. The van der Waals surface area contributed by atoms with E-state index in [-0.39, 0.29) is 6.09 Å². The van der Waals surface area contributed by atoms with Gasteiger partial charge in [0.05, 0.1) is 17.4 Å². The van der Waals surface area contributed by atoms with Gasteiger partial charge in [0, 0.05) is 19.6 Å². The van der Waals surface area contributed by atoms with Crippen LogP contribution < -0.4 is 5.32 Å². The summed E-state index contributed by atoms with van der Waals surface area (Å²) in [6, 6.07) is 0. The number of rotatable bonds is 3. The Labute approximate surface area is 129 Å². The van der Waals surface area contributed by atoms with Gasteiger partial charge >= 0.3 is 6.09 Å². The van der Waals surface area contributed by atoms with Crippen molar-refractivity contribution >= 4 is 23.6 Å². The maximum absolute atomic E-state index is 12.0. The summed E-state index contributed by atoms with van der Waals surface area (Å²) in [7, 11) is 0. The van der Waals surface area contributed by atoms with Gasteiger partial charge in [-0.3, -0.25) is 0 Å². The highest BCUT2D eigenvalue weighted by Gasteiger charge is 2.29. The van der Waals surface area contributed by atoms with Gasteiger partial charge in [0.1, 0.15) is 5.60 Å². The van der Waals surface area contributed by atoms with E-state index in [4.69, 9.17) is 16.3 Å². The smallest absolute Gasteiger partial charge is 0.410 e. The first kappa shape index (κ1) is 15.8. The molecule has 6 nitrogen and oxygen atoms in total. The van der Waals surface area contributed by atoms with Crippen LogP contribution in [-0.4, -0.2) is 46.2 Å². The van der Waals surface area contributed by atoms with Crippen LogP contribution in [0.2, 0.25) is 5.02 Å². The van der Waals surface area contributed by atoms with E-state index in [1.165, 1.54) is 0 Å². The molecule has 0 saturated carbocycles. The van der Waals surface area contributed by atoms with E-state index in [9.17, 15) is 4.79 Å². The van der Waals surface area contributed by atoms with Crippen LogP contribution in [0, 0.1) is 5.92 Å². The molecule has 0 aromatic carbocycles. The van der Waals surface area contributed by atoms with E-state index < -0.39 is 5.60 Å². The first-order valence-corrected chi connectivity index (χ1v) is 7.40. The summed E-state index contributed by atoms with van der Waals surface area (Å²) < 4.78 is 5.37. The summed E-state index contributed by atoms with van der Waals surface area (Å²) in [4.78, 5) is 21.9. The van der Waals surface area contributed by atoms with Crippen molar-refractivity contribution in [2.24, 2.45) is 5.92 Å². The number of ether oxygens (including phenoxy) is 1. The number of anilines is 1. The Morgan fingerprint density at radius 2 is 2.14 bits per heavy atom. The van der Waals surface area contributed by atoms with Crippen molar-refractivity contribution in [2.75, 3.05) is 25.0 Å². The molecule has 2 heterocycles. The second kappa shape index (κ2) is 6.47. The third-order valence-electron chi connectivity index (χ3n) is 3.11. The molecule has 116 valence electrons. The zero-order chi connectivity index (χ0) is 15.5. The van der Waals surface area contributed by atoms with Crippen molar-refractivity contribution in [2.45, 2.75) is 32.8 Å². The number of hydrogen-bond acceptors (Lipinski definition) is 5. The Bertz CT molecular complexity index is 487. The molecule has 1 saturated heterocycles. The van der Waals surface area contributed by atoms with E-state index in [2.05, 4.69) is 15.3 Å². The van der Waals surface area contributed by atoms with Gasteiger partial charge in [-0.2, -0.15) is 0 Å². The zero-order valence-electron chi connectivity index (χ0n) is 12.6. The third-order valence-corrected chi connectivity index (χ3v) is 3.30. The topological polar surface area (TPSA) is 67.3 Å². The standard InChI is InChI=1S/C14H21ClN4O2/c1-14(2,3)21-13(20)19-5-4-10(9-19)6-16-12-17-7-11(15)8-18-12/h7-8,10H,4-6,9H2,1-3H3,(H,16,17,18). The van der Waals surface area contributed by atoms with Crippen molar-refractivity contribution in [3.8, 4) is 0 Å². The van der Waals surface area contributed by atoms with Gasteiger partial charge in [-0.25, -0.2) is 14.8 Å². The number of carbonyl (C=O) groups excluding carboxylic acids is 1. The van der Waals surface area contributed by atoms with Crippen LogP contribution >= 0.6 is 11.6 Å². The van der Waals surface area contributed by atoms with Crippen molar-refractivity contribution in [3.63, 3.8) is 0 Å². The van der Waals surface area contributed by atoms with Crippen molar-refractivity contribution in [3.05, 3.63) is 17.4 Å². The number of amides is 1. The minimum absolute atomic E-state index is 0.243. The fraction of sp³-hybridized carbons (Fsp3) is 0.643. The normalized spacial score (nSPS) is 18.7. The molecule has 1 amide bonds. The minimum Gasteiger partial charge on any atom is -0.444 e. The molecule has 0 aliphatic carbocycles.